The fraction of sp³-hybridized carbons (Fsp3) is 0.125. The molecule has 2 aromatic rings. The average Bonchev–Trinajstić information content (AvgIpc) is 2.71. The summed E-state index contributed by atoms with van der Waals surface area (Å²) in [6.45, 7) is 0. The SMILES string of the molecule is Cn1cncc1-c1ocnc1C=O. The molecule has 0 aliphatic heterocycles. The first-order valence-electron chi connectivity index (χ1n) is 3.68. The van der Waals surface area contributed by atoms with Gasteiger partial charge in [0.05, 0.1) is 12.5 Å². The maximum Gasteiger partial charge on any atom is 0.183 e. The molecule has 0 aliphatic rings. The highest BCUT2D eigenvalue weighted by Gasteiger charge is 2.12. The minimum Gasteiger partial charge on any atom is -0.441 e. The van der Waals surface area contributed by atoms with Gasteiger partial charge < -0.3 is 8.98 Å². The Balaban J connectivity index is 2.58. The number of imidazole rings is 1. The Bertz CT molecular complexity index is 430. The van der Waals surface area contributed by atoms with Crippen molar-refractivity contribution in [1.29, 1.82) is 0 Å². The van der Waals surface area contributed by atoms with Gasteiger partial charge in [-0.1, -0.05) is 0 Å². The molecule has 0 saturated heterocycles. The van der Waals surface area contributed by atoms with Crippen LogP contribution in [0.5, 0.6) is 0 Å². The van der Waals surface area contributed by atoms with Crippen LogP contribution in [-0.2, 0) is 7.05 Å². The summed E-state index contributed by atoms with van der Waals surface area (Å²) in [6, 6.07) is 0. The monoisotopic (exact) mass is 177 g/mol. The van der Waals surface area contributed by atoms with Gasteiger partial charge in [0.1, 0.15) is 5.69 Å². The number of oxazole rings is 1. The van der Waals surface area contributed by atoms with Gasteiger partial charge in [0, 0.05) is 7.05 Å². The van der Waals surface area contributed by atoms with Crippen LogP contribution in [0.4, 0.5) is 0 Å². The van der Waals surface area contributed by atoms with Gasteiger partial charge >= 0.3 is 0 Å². The van der Waals surface area contributed by atoms with Crippen molar-refractivity contribution in [2.75, 3.05) is 0 Å². The average molecular weight is 177 g/mol. The van der Waals surface area contributed by atoms with Crippen LogP contribution in [0, 0.1) is 0 Å². The van der Waals surface area contributed by atoms with Crippen LogP contribution in [0.3, 0.4) is 0 Å². The van der Waals surface area contributed by atoms with Gasteiger partial charge in [0.25, 0.3) is 0 Å². The molecule has 0 radical (unpaired) electrons. The molecule has 0 spiro atoms. The van der Waals surface area contributed by atoms with Crippen molar-refractivity contribution in [3.8, 4) is 11.5 Å². The summed E-state index contributed by atoms with van der Waals surface area (Å²) in [5, 5.41) is 0. The molecule has 0 atom stereocenters. The summed E-state index contributed by atoms with van der Waals surface area (Å²) in [4.78, 5) is 18.2. The Morgan fingerprint density at radius 3 is 3.08 bits per heavy atom. The number of nitrogens with zero attached hydrogens (tertiary/aromatic N) is 3. The Morgan fingerprint density at radius 1 is 1.62 bits per heavy atom. The van der Waals surface area contributed by atoms with Crippen molar-refractivity contribution in [1.82, 2.24) is 14.5 Å². The van der Waals surface area contributed by atoms with Crippen LogP contribution in [0.1, 0.15) is 10.5 Å². The highest BCUT2D eigenvalue weighted by atomic mass is 16.3. The van der Waals surface area contributed by atoms with E-state index in [1.54, 1.807) is 17.1 Å². The predicted octanol–water partition coefficient (Wildman–Crippen LogP) is 0.888. The number of hydrogen-bond donors (Lipinski definition) is 0. The van der Waals surface area contributed by atoms with Gasteiger partial charge in [-0.05, 0) is 0 Å². The zero-order valence-corrected chi connectivity index (χ0v) is 6.97. The molecule has 5 heteroatoms. The standard InChI is InChI=1S/C8H7N3O2/c1-11-4-9-2-7(11)8-6(3-12)10-5-13-8/h2-5H,1H3. The first kappa shape index (κ1) is 7.72. The first-order valence-corrected chi connectivity index (χ1v) is 3.68. The van der Waals surface area contributed by atoms with Gasteiger partial charge in [0.15, 0.2) is 24.1 Å². The third-order valence-electron chi connectivity index (χ3n) is 1.76. The molecule has 13 heavy (non-hydrogen) atoms. The smallest absolute Gasteiger partial charge is 0.183 e. The second-order valence-electron chi connectivity index (χ2n) is 2.57. The number of hydrogen-bond acceptors (Lipinski definition) is 4. The zero-order valence-electron chi connectivity index (χ0n) is 6.97. The van der Waals surface area contributed by atoms with Crippen molar-refractivity contribution in [2.45, 2.75) is 0 Å². The topological polar surface area (TPSA) is 60.9 Å². The van der Waals surface area contributed by atoms with E-state index in [0.29, 0.717) is 17.7 Å². The van der Waals surface area contributed by atoms with E-state index in [1.807, 2.05) is 7.05 Å². The molecule has 5 nitrogen and oxygen atoms in total. The Morgan fingerprint density at radius 2 is 2.46 bits per heavy atom. The molecule has 0 saturated carbocycles. The first-order chi connectivity index (χ1) is 6.33. The van der Waals surface area contributed by atoms with E-state index in [1.165, 1.54) is 6.39 Å². The largest absolute Gasteiger partial charge is 0.441 e. The third-order valence-corrected chi connectivity index (χ3v) is 1.76. The van der Waals surface area contributed by atoms with E-state index < -0.39 is 0 Å². The van der Waals surface area contributed by atoms with E-state index in [9.17, 15) is 4.79 Å². The highest BCUT2D eigenvalue weighted by Crippen LogP contribution is 2.20. The third kappa shape index (κ3) is 1.14. The summed E-state index contributed by atoms with van der Waals surface area (Å²) >= 11 is 0. The molecule has 0 aromatic carbocycles. The fourth-order valence-electron chi connectivity index (χ4n) is 1.11. The summed E-state index contributed by atoms with van der Waals surface area (Å²) in [7, 11) is 1.82. The van der Waals surface area contributed by atoms with Crippen molar-refractivity contribution in [3.05, 3.63) is 24.6 Å². The van der Waals surface area contributed by atoms with Gasteiger partial charge in [-0.25, -0.2) is 9.97 Å². The lowest BCUT2D eigenvalue weighted by Gasteiger charge is -1.96. The highest BCUT2D eigenvalue weighted by molar-refractivity contribution is 5.81. The quantitative estimate of drug-likeness (QED) is 0.639. The molecule has 0 amide bonds. The summed E-state index contributed by atoms with van der Waals surface area (Å²) in [6.07, 6.45) is 5.15. The van der Waals surface area contributed by atoms with Crippen LogP contribution in [0.15, 0.2) is 23.3 Å². The van der Waals surface area contributed by atoms with E-state index in [4.69, 9.17) is 4.42 Å². The second-order valence-corrected chi connectivity index (χ2v) is 2.57. The maximum atomic E-state index is 10.5. The number of aromatic nitrogens is 3. The normalized spacial score (nSPS) is 10.2. The summed E-state index contributed by atoms with van der Waals surface area (Å²) in [5.41, 5.74) is 1.03. The lowest BCUT2D eigenvalue weighted by Crippen LogP contribution is -1.91. The molecule has 2 rings (SSSR count). The molecule has 0 N–H and O–H groups in total. The van der Waals surface area contributed by atoms with Crippen molar-refractivity contribution >= 4 is 6.29 Å². The van der Waals surface area contributed by atoms with Crippen molar-refractivity contribution in [2.24, 2.45) is 7.05 Å². The van der Waals surface area contributed by atoms with Crippen LogP contribution >= 0.6 is 0 Å². The molecule has 0 unspecified atom stereocenters. The lowest BCUT2D eigenvalue weighted by molar-refractivity contribution is 0.112. The van der Waals surface area contributed by atoms with E-state index in [2.05, 4.69) is 9.97 Å². The van der Waals surface area contributed by atoms with E-state index in [0.717, 1.165) is 5.69 Å². The Hall–Kier alpha value is -1.91. The number of aldehydes is 1. The number of rotatable bonds is 2. The van der Waals surface area contributed by atoms with Gasteiger partial charge in [-0.3, -0.25) is 4.79 Å². The molecule has 2 heterocycles. The molecule has 2 aromatic heterocycles. The summed E-state index contributed by atoms with van der Waals surface area (Å²) < 4.78 is 6.83. The van der Waals surface area contributed by atoms with Crippen molar-refractivity contribution in [3.63, 3.8) is 0 Å². The van der Waals surface area contributed by atoms with Gasteiger partial charge in [0.2, 0.25) is 0 Å². The maximum absolute atomic E-state index is 10.5. The van der Waals surface area contributed by atoms with Gasteiger partial charge in [-0.15, -0.1) is 0 Å². The minimum atomic E-state index is 0.295. The Kier molecular flexibility index (Phi) is 1.70. The molecule has 0 bridgehead atoms. The minimum absolute atomic E-state index is 0.295. The number of aryl methyl sites for hydroxylation is 1. The fourth-order valence-corrected chi connectivity index (χ4v) is 1.11. The van der Waals surface area contributed by atoms with Crippen LogP contribution in [-0.4, -0.2) is 20.8 Å². The van der Waals surface area contributed by atoms with Gasteiger partial charge in [-0.2, -0.15) is 0 Å². The van der Waals surface area contributed by atoms with E-state index >= 15 is 0 Å². The predicted molar refractivity (Wildman–Crippen MR) is 44.1 cm³/mol. The zero-order chi connectivity index (χ0) is 9.26. The van der Waals surface area contributed by atoms with E-state index in [-0.39, 0.29) is 0 Å². The molecule has 0 aliphatic carbocycles. The second kappa shape index (κ2) is 2.85. The lowest BCUT2D eigenvalue weighted by atomic mass is 10.3. The van der Waals surface area contributed by atoms with Crippen molar-refractivity contribution < 1.29 is 9.21 Å². The number of carbonyl (C=O) groups is 1. The Labute approximate surface area is 74.0 Å². The summed E-state index contributed by atoms with van der Waals surface area (Å²) in [5.74, 6) is 0.454. The molecule has 66 valence electrons. The van der Waals surface area contributed by atoms with Crippen LogP contribution < -0.4 is 0 Å². The van der Waals surface area contributed by atoms with Crippen LogP contribution in [0.2, 0.25) is 0 Å². The molecular formula is C8H7N3O2. The molecule has 0 fully saturated rings. The van der Waals surface area contributed by atoms with Crippen LogP contribution in [0.25, 0.3) is 11.5 Å². The number of carbonyl (C=O) groups excluding carboxylic acids is 1. The molecular weight excluding hydrogens is 170 g/mol.